The highest BCUT2D eigenvalue weighted by Crippen LogP contribution is 2.26. The SMILES string of the molecule is COc1cc(CNc2cc(F)c(Br)cc2N)ccn1. The number of benzene rings is 1. The molecule has 0 fully saturated rings. The minimum absolute atomic E-state index is 0.348. The Morgan fingerprint density at radius 2 is 2.21 bits per heavy atom. The van der Waals surface area contributed by atoms with Crippen LogP contribution in [-0.2, 0) is 6.54 Å². The van der Waals surface area contributed by atoms with Crippen molar-refractivity contribution in [2.24, 2.45) is 0 Å². The van der Waals surface area contributed by atoms with E-state index in [0.717, 1.165) is 5.56 Å². The number of hydrogen-bond acceptors (Lipinski definition) is 4. The molecule has 0 aliphatic rings. The fourth-order valence-electron chi connectivity index (χ4n) is 1.58. The van der Waals surface area contributed by atoms with Crippen LogP contribution in [0.25, 0.3) is 0 Å². The fraction of sp³-hybridized carbons (Fsp3) is 0.154. The summed E-state index contributed by atoms with van der Waals surface area (Å²) in [7, 11) is 1.56. The number of nitrogens with zero attached hydrogens (tertiary/aromatic N) is 1. The van der Waals surface area contributed by atoms with Gasteiger partial charge in [0.05, 0.1) is 23.0 Å². The van der Waals surface area contributed by atoms with Crippen molar-refractivity contribution in [3.05, 3.63) is 46.3 Å². The zero-order chi connectivity index (χ0) is 13.8. The topological polar surface area (TPSA) is 60.2 Å². The van der Waals surface area contributed by atoms with Gasteiger partial charge in [0.25, 0.3) is 0 Å². The van der Waals surface area contributed by atoms with Gasteiger partial charge in [0.15, 0.2) is 0 Å². The molecule has 19 heavy (non-hydrogen) atoms. The summed E-state index contributed by atoms with van der Waals surface area (Å²) in [6.07, 6.45) is 1.65. The van der Waals surface area contributed by atoms with E-state index < -0.39 is 0 Å². The highest BCUT2D eigenvalue weighted by Gasteiger charge is 2.06. The van der Waals surface area contributed by atoms with Gasteiger partial charge >= 0.3 is 0 Å². The number of nitrogen functional groups attached to an aromatic ring is 1. The van der Waals surface area contributed by atoms with E-state index in [9.17, 15) is 4.39 Å². The van der Waals surface area contributed by atoms with Crippen LogP contribution in [-0.4, -0.2) is 12.1 Å². The number of hydrogen-bond donors (Lipinski definition) is 2. The van der Waals surface area contributed by atoms with Crippen molar-refractivity contribution < 1.29 is 9.13 Å². The first kappa shape index (κ1) is 13.6. The monoisotopic (exact) mass is 325 g/mol. The average Bonchev–Trinajstić information content (AvgIpc) is 2.41. The van der Waals surface area contributed by atoms with Crippen molar-refractivity contribution in [3.63, 3.8) is 0 Å². The molecule has 2 rings (SSSR count). The lowest BCUT2D eigenvalue weighted by atomic mass is 10.2. The molecule has 0 saturated heterocycles. The molecule has 0 aliphatic heterocycles. The lowest BCUT2D eigenvalue weighted by Crippen LogP contribution is -2.03. The molecule has 4 nitrogen and oxygen atoms in total. The highest BCUT2D eigenvalue weighted by molar-refractivity contribution is 9.10. The summed E-state index contributed by atoms with van der Waals surface area (Å²) in [6, 6.07) is 6.54. The van der Waals surface area contributed by atoms with Gasteiger partial charge in [-0.25, -0.2) is 9.37 Å². The zero-order valence-corrected chi connectivity index (χ0v) is 11.9. The summed E-state index contributed by atoms with van der Waals surface area (Å²) in [6.45, 7) is 0.504. The standard InChI is InChI=1S/C13H13BrFN3O/c1-19-13-4-8(2-3-17-13)7-18-12-6-10(15)9(14)5-11(12)16/h2-6,18H,7,16H2,1H3. The number of anilines is 2. The number of rotatable bonds is 4. The Morgan fingerprint density at radius 3 is 2.95 bits per heavy atom. The number of ether oxygens (including phenoxy) is 1. The Morgan fingerprint density at radius 1 is 1.42 bits per heavy atom. The zero-order valence-electron chi connectivity index (χ0n) is 10.3. The molecule has 0 amide bonds. The maximum atomic E-state index is 13.4. The van der Waals surface area contributed by atoms with E-state index in [2.05, 4.69) is 26.2 Å². The third-order valence-electron chi connectivity index (χ3n) is 2.58. The van der Waals surface area contributed by atoms with Gasteiger partial charge in [-0.2, -0.15) is 0 Å². The molecule has 0 saturated carbocycles. The largest absolute Gasteiger partial charge is 0.481 e. The Labute approximate surface area is 118 Å². The van der Waals surface area contributed by atoms with Crippen LogP contribution >= 0.6 is 15.9 Å². The van der Waals surface area contributed by atoms with Crippen LogP contribution in [0.2, 0.25) is 0 Å². The van der Waals surface area contributed by atoms with E-state index in [1.807, 2.05) is 6.07 Å². The summed E-state index contributed by atoms with van der Waals surface area (Å²) in [5.74, 6) is 0.179. The molecule has 0 aliphatic carbocycles. The summed E-state index contributed by atoms with van der Waals surface area (Å²) < 4.78 is 18.8. The summed E-state index contributed by atoms with van der Waals surface area (Å²) >= 11 is 3.09. The molecule has 100 valence electrons. The predicted molar refractivity (Wildman–Crippen MR) is 76.6 cm³/mol. The van der Waals surface area contributed by atoms with Gasteiger partial charge < -0.3 is 15.8 Å². The van der Waals surface area contributed by atoms with Gasteiger partial charge in [-0.3, -0.25) is 0 Å². The van der Waals surface area contributed by atoms with Crippen molar-refractivity contribution in [1.29, 1.82) is 0 Å². The molecule has 1 heterocycles. The normalized spacial score (nSPS) is 10.3. The molecule has 0 atom stereocenters. The number of methoxy groups -OCH3 is 1. The van der Waals surface area contributed by atoms with Crippen LogP contribution in [0.1, 0.15) is 5.56 Å². The summed E-state index contributed by atoms with van der Waals surface area (Å²) in [5, 5.41) is 3.08. The van der Waals surface area contributed by atoms with Crippen LogP contribution in [0.5, 0.6) is 5.88 Å². The molecule has 2 aromatic rings. The van der Waals surface area contributed by atoms with Crippen molar-refractivity contribution in [2.75, 3.05) is 18.2 Å². The van der Waals surface area contributed by atoms with Gasteiger partial charge in [-0.1, -0.05) is 0 Å². The third kappa shape index (κ3) is 3.35. The number of nitrogens with one attached hydrogen (secondary N) is 1. The summed E-state index contributed by atoms with van der Waals surface area (Å²) in [5.41, 5.74) is 7.81. The van der Waals surface area contributed by atoms with Crippen molar-refractivity contribution >= 4 is 27.3 Å². The predicted octanol–water partition coefficient (Wildman–Crippen LogP) is 3.19. The molecule has 0 bridgehead atoms. The minimum atomic E-state index is -0.357. The smallest absolute Gasteiger partial charge is 0.213 e. The Balaban J connectivity index is 2.12. The first-order valence-corrected chi connectivity index (χ1v) is 6.36. The van der Waals surface area contributed by atoms with Gasteiger partial charge in [0.2, 0.25) is 5.88 Å². The van der Waals surface area contributed by atoms with E-state index >= 15 is 0 Å². The maximum absolute atomic E-state index is 13.4. The maximum Gasteiger partial charge on any atom is 0.213 e. The van der Waals surface area contributed by atoms with Gasteiger partial charge in [0.1, 0.15) is 5.82 Å². The average molecular weight is 326 g/mol. The van der Waals surface area contributed by atoms with Gasteiger partial charge in [-0.05, 0) is 33.6 Å². The van der Waals surface area contributed by atoms with E-state index in [1.165, 1.54) is 12.1 Å². The molecular weight excluding hydrogens is 313 g/mol. The van der Waals surface area contributed by atoms with Crippen LogP contribution in [0.3, 0.4) is 0 Å². The Kier molecular flexibility index (Phi) is 4.21. The van der Waals surface area contributed by atoms with E-state index in [0.29, 0.717) is 28.3 Å². The first-order valence-electron chi connectivity index (χ1n) is 5.57. The minimum Gasteiger partial charge on any atom is -0.481 e. The van der Waals surface area contributed by atoms with Crippen molar-refractivity contribution in [1.82, 2.24) is 4.98 Å². The highest BCUT2D eigenvalue weighted by atomic mass is 79.9. The molecule has 0 spiro atoms. The Hall–Kier alpha value is -1.82. The van der Waals surface area contributed by atoms with E-state index in [-0.39, 0.29) is 5.82 Å². The molecule has 3 N–H and O–H groups in total. The first-order chi connectivity index (χ1) is 9.10. The molecule has 0 radical (unpaired) electrons. The van der Waals surface area contributed by atoms with Crippen LogP contribution in [0, 0.1) is 5.82 Å². The summed E-state index contributed by atoms with van der Waals surface area (Å²) in [4.78, 5) is 4.02. The third-order valence-corrected chi connectivity index (χ3v) is 3.19. The Bertz CT molecular complexity index is 592. The molecule has 0 unspecified atom stereocenters. The molecule has 1 aromatic heterocycles. The number of nitrogens with two attached hydrogens (primary N) is 1. The molecule has 1 aromatic carbocycles. The second-order valence-electron chi connectivity index (χ2n) is 3.91. The number of pyridine rings is 1. The van der Waals surface area contributed by atoms with E-state index in [1.54, 1.807) is 19.4 Å². The fourth-order valence-corrected chi connectivity index (χ4v) is 1.95. The second-order valence-corrected chi connectivity index (χ2v) is 4.77. The van der Waals surface area contributed by atoms with Crippen LogP contribution in [0.4, 0.5) is 15.8 Å². The number of halogens is 2. The van der Waals surface area contributed by atoms with Crippen molar-refractivity contribution in [2.45, 2.75) is 6.54 Å². The van der Waals surface area contributed by atoms with Crippen LogP contribution < -0.4 is 15.8 Å². The van der Waals surface area contributed by atoms with Gasteiger partial charge in [0, 0.05) is 24.9 Å². The second kappa shape index (κ2) is 5.88. The molecule has 6 heteroatoms. The number of aromatic nitrogens is 1. The quantitative estimate of drug-likeness (QED) is 0.847. The lowest BCUT2D eigenvalue weighted by molar-refractivity contribution is 0.397. The van der Waals surface area contributed by atoms with Crippen molar-refractivity contribution in [3.8, 4) is 5.88 Å². The molecular formula is C13H13BrFN3O. The van der Waals surface area contributed by atoms with Crippen LogP contribution in [0.15, 0.2) is 34.9 Å². The van der Waals surface area contributed by atoms with E-state index in [4.69, 9.17) is 10.5 Å². The lowest BCUT2D eigenvalue weighted by Gasteiger charge is -2.10. The van der Waals surface area contributed by atoms with Gasteiger partial charge in [-0.15, -0.1) is 0 Å².